The largest absolute Gasteiger partial charge is 0.496 e. The number of alkyl halides is 3. The van der Waals surface area contributed by atoms with Crippen molar-refractivity contribution in [3.63, 3.8) is 0 Å². The summed E-state index contributed by atoms with van der Waals surface area (Å²) in [5.74, 6) is 0.178. The average molecular weight is 520 g/mol. The lowest BCUT2D eigenvalue weighted by Crippen LogP contribution is -2.51. The van der Waals surface area contributed by atoms with Gasteiger partial charge in [0.2, 0.25) is 0 Å². The van der Waals surface area contributed by atoms with E-state index in [1.807, 2.05) is 35.2 Å². The molecule has 2 bridgehead atoms. The number of methoxy groups -OCH3 is 1. The summed E-state index contributed by atoms with van der Waals surface area (Å²) in [6, 6.07) is 19.8. The van der Waals surface area contributed by atoms with Crippen LogP contribution in [0.2, 0.25) is 0 Å². The Morgan fingerprint density at radius 3 is 2.26 bits per heavy atom. The van der Waals surface area contributed by atoms with Crippen LogP contribution in [0.1, 0.15) is 53.9 Å². The van der Waals surface area contributed by atoms with E-state index in [0.717, 1.165) is 48.1 Å². The van der Waals surface area contributed by atoms with Crippen molar-refractivity contribution in [2.45, 2.75) is 49.9 Å². The molecule has 196 valence electrons. The molecule has 2 atom stereocenters. The van der Waals surface area contributed by atoms with Gasteiger partial charge in [-0.2, -0.15) is 13.2 Å². The first kappa shape index (κ1) is 24.6. The van der Waals surface area contributed by atoms with E-state index in [-0.39, 0.29) is 36.5 Å². The summed E-state index contributed by atoms with van der Waals surface area (Å²) in [6.45, 7) is 0.256. The number of benzene rings is 3. The monoisotopic (exact) mass is 519 g/mol. The predicted molar refractivity (Wildman–Crippen MR) is 139 cm³/mol. The van der Waals surface area contributed by atoms with Crippen LogP contribution in [0.15, 0.2) is 72.8 Å². The van der Waals surface area contributed by atoms with Gasteiger partial charge in [-0.3, -0.25) is 4.90 Å². The van der Waals surface area contributed by atoms with Crippen molar-refractivity contribution in [3.8, 4) is 16.9 Å². The van der Waals surface area contributed by atoms with Crippen LogP contribution < -0.4 is 4.74 Å². The molecule has 0 N–H and O–H groups in total. The quantitative estimate of drug-likeness (QED) is 0.355. The Labute approximate surface area is 219 Å². The molecule has 2 heterocycles. The fraction of sp³-hybridized carbons (Fsp3) is 0.323. The molecule has 3 aromatic carbocycles. The molecule has 2 unspecified atom stereocenters. The lowest BCUT2D eigenvalue weighted by atomic mass is 9.82. The van der Waals surface area contributed by atoms with E-state index >= 15 is 0 Å². The first-order valence-electron chi connectivity index (χ1n) is 12.9. The van der Waals surface area contributed by atoms with E-state index in [2.05, 4.69) is 24.3 Å². The van der Waals surface area contributed by atoms with Crippen LogP contribution in [0.4, 0.5) is 18.0 Å². The number of halogens is 3. The van der Waals surface area contributed by atoms with Gasteiger partial charge < -0.3 is 9.47 Å². The Morgan fingerprint density at radius 2 is 1.63 bits per heavy atom. The molecule has 0 radical (unpaired) electrons. The maximum absolute atomic E-state index is 13.4. The molecule has 2 aliphatic heterocycles. The second-order valence-electron chi connectivity index (χ2n) is 10.2. The van der Waals surface area contributed by atoms with Crippen LogP contribution in [0.3, 0.4) is 0 Å². The molecule has 1 aliphatic carbocycles. The van der Waals surface area contributed by atoms with E-state index in [1.165, 1.54) is 24.3 Å². The minimum atomic E-state index is -4.44. The molecule has 1 saturated heterocycles. The number of hydrogen-bond acceptors (Lipinski definition) is 3. The summed E-state index contributed by atoms with van der Waals surface area (Å²) < 4.78 is 51.0. The van der Waals surface area contributed by atoms with Gasteiger partial charge in [0.25, 0.3) is 0 Å². The highest BCUT2D eigenvalue weighted by molar-refractivity contribution is 5.80. The highest BCUT2D eigenvalue weighted by Crippen LogP contribution is 2.45. The van der Waals surface area contributed by atoms with Gasteiger partial charge in [-0.1, -0.05) is 60.7 Å². The fourth-order valence-electron chi connectivity index (χ4n) is 6.32. The number of piperidine rings is 1. The SMILES string of the molecule is COc1cc(C(F)(F)F)ccc1C1=CC2CCCC(C1)N2C(=O)OCC1c2ccccc2-c2ccccc21. The van der Waals surface area contributed by atoms with E-state index in [1.54, 1.807) is 0 Å². The third-order valence-electron chi connectivity index (χ3n) is 8.06. The van der Waals surface area contributed by atoms with Gasteiger partial charge in [-0.05, 0) is 65.6 Å². The number of nitrogens with zero attached hydrogens (tertiary/aromatic N) is 1. The molecule has 1 fully saturated rings. The molecule has 0 saturated carbocycles. The Kier molecular flexibility index (Phi) is 6.17. The standard InChI is InChI=1S/C31H28F3NO3/c1-37-29-17-20(31(32,33)34)13-14-23(29)19-15-21-7-6-8-22(16-19)35(21)30(36)38-18-28-26-11-4-2-9-24(26)25-10-3-5-12-27(25)28/h2-5,9-15,17,21-22,28H,6-8,16,18H2,1H3. The molecule has 4 nitrogen and oxygen atoms in total. The first-order valence-corrected chi connectivity index (χ1v) is 12.9. The number of fused-ring (bicyclic) bond motifs is 5. The van der Waals surface area contributed by atoms with Gasteiger partial charge in [-0.25, -0.2) is 4.79 Å². The number of amides is 1. The Balaban J connectivity index is 1.22. The second-order valence-corrected chi connectivity index (χ2v) is 10.2. The summed E-state index contributed by atoms with van der Waals surface area (Å²) in [6.07, 6.45) is 0.357. The minimum absolute atomic E-state index is 0.0153. The van der Waals surface area contributed by atoms with Gasteiger partial charge in [0.15, 0.2) is 0 Å². The van der Waals surface area contributed by atoms with Crippen LogP contribution in [0.5, 0.6) is 5.75 Å². The van der Waals surface area contributed by atoms with E-state index in [9.17, 15) is 18.0 Å². The van der Waals surface area contributed by atoms with E-state index in [4.69, 9.17) is 9.47 Å². The molecule has 3 aromatic rings. The lowest BCUT2D eigenvalue weighted by molar-refractivity contribution is -0.137. The lowest BCUT2D eigenvalue weighted by Gasteiger charge is -2.44. The third-order valence-corrected chi connectivity index (χ3v) is 8.06. The average Bonchev–Trinajstić information content (AvgIpc) is 3.23. The van der Waals surface area contributed by atoms with Gasteiger partial charge in [0.1, 0.15) is 12.4 Å². The topological polar surface area (TPSA) is 38.8 Å². The normalized spacial score (nSPS) is 20.4. The summed E-state index contributed by atoms with van der Waals surface area (Å²) >= 11 is 0. The van der Waals surface area contributed by atoms with Gasteiger partial charge in [0.05, 0.1) is 18.7 Å². The van der Waals surface area contributed by atoms with Crippen LogP contribution in [0.25, 0.3) is 16.7 Å². The van der Waals surface area contributed by atoms with Crippen LogP contribution in [-0.4, -0.2) is 36.8 Å². The zero-order chi connectivity index (χ0) is 26.4. The second kappa shape index (κ2) is 9.53. The van der Waals surface area contributed by atoms with Crippen molar-refractivity contribution >= 4 is 11.7 Å². The van der Waals surface area contributed by atoms with Gasteiger partial charge in [0, 0.05) is 17.5 Å². The third kappa shape index (κ3) is 4.24. The summed E-state index contributed by atoms with van der Waals surface area (Å²) in [5, 5.41) is 0. The van der Waals surface area contributed by atoms with E-state index < -0.39 is 11.7 Å². The van der Waals surface area contributed by atoms with Crippen molar-refractivity contribution in [1.82, 2.24) is 4.90 Å². The Morgan fingerprint density at radius 1 is 0.947 bits per heavy atom. The smallest absolute Gasteiger partial charge is 0.416 e. The molecule has 38 heavy (non-hydrogen) atoms. The fourth-order valence-corrected chi connectivity index (χ4v) is 6.32. The van der Waals surface area contributed by atoms with Crippen molar-refractivity contribution in [1.29, 1.82) is 0 Å². The summed E-state index contributed by atoms with van der Waals surface area (Å²) in [5.41, 5.74) is 5.50. The number of rotatable bonds is 4. The maximum Gasteiger partial charge on any atom is 0.416 e. The molecule has 0 aromatic heterocycles. The van der Waals surface area contributed by atoms with Crippen molar-refractivity contribution in [2.24, 2.45) is 0 Å². The van der Waals surface area contributed by atoms with Crippen molar-refractivity contribution in [3.05, 3.63) is 95.1 Å². The number of carbonyl (C=O) groups excluding carboxylic acids is 1. The first-order chi connectivity index (χ1) is 18.3. The molecule has 1 amide bonds. The number of carbonyl (C=O) groups is 1. The van der Waals surface area contributed by atoms with Crippen LogP contribution in [-0.2, 0) is 10.9 Å². The van der Waals surface area contributed by atoms with Gasteiger partial charge >= 0.3 is 12.3 Å². The molecule has 3 aliphatic rings. The number of ether oxygens (including phenoxy) is 2. The number of hydrogen-bond donors (Lipinski definition) is 0. The molecule has 0 spiro atoms. The maximum atomic E-state index is 13.4. The Bertz CT molecular complexity index is 1370. The zero-order valence-corrected chi connectivity index (χ0v) is 21.0. The van der Waals surface area contributed by atoms with E-state index in [0.29, 0.717) is 12.0 Å². The molecular formula is C31H28F3NO3. The zero-order valence-electron chi connectivity index (χ0n) is 21.0. The Hall–Kier alpha value is -3.74. The highest BCUT2D eigenvalue weighted by Gasteiger charge is 2.40. The summed E-state index contributed by atoms with van der Waals surface area (Å²) in [4.78, 5) is 15.3. The molecule has 7 heteroatoms. The minimum Gasteiger partial charge on any atom is -0.496 e. The van der Waals surface area contributed by atoms with Crippen LogP contribution >= 0.6 is 0 Å². The highest BCUT2D eigenvalue weighted by atomic mass is 19.4. The van der Waals surface area contributed by atoms with Crippen molar-refractivity contribution < 1.29 is 27.4 Å². The molecule has 6 rings (SSSR count). The van der Waals surface area contributed by atoms with Gasteiger partial charge in [-0.15, -0.1) is 0 Å². The predicted octanol–water partition coefficient (Wildman–Crippen LogP) is 7.67. The van der Waals surface area contributed by atoms with Crippen LogP contribution in [0, 0.1) is 0 Å². The molecular weight excluding hydrogens is 491 g/mol. The summed E-state index contributed by atoms with van der Waals surface area (Å²) in [7, 11) is 1.38. The van der Waals surface area contributed by atoms with Crippen molar-refractivity contribution in [2.75, 3.05) is 13.7 Å².